The van der Waals surface area contributed by atoms with Crippen molar-refractivity contribution in [2.45, 2.75) is 43.4 Å². The van der Waals surface area contributed by atoms with Gasteiger partial charge >= 0.3 is 0 Å². The third-order valence-electron chi connectivity index (χ3n) is 5.22. The van der Waals surface area contributed by atoms with Gasteiger partial charge in [0.15, 0.2) is 0 Å². The highest BCUT2D eigenvalue weighted by atomic mass is 32.2. The molecule has 8 heteroatoms. The highest BCUT2D eigenvalue weighted by Gasteiger charge is 2.31. The lowest BCUT2D eigenvalue weighted by Crippen LogP contribution is -2.42. The second kappa shape index (κ2) is 8.45. The monoisotopic (exact) mass is 436 g/mol. The van der Waals surface area contributed by atoms with Crippen LogP contribution in [0.5, 0.6) is 0 Å². The Morgan fingerprint density at radius 2 is 1.38 bits per heavy atom. The molecule has 3 rings (SSSR count). The van der Waals surface area contributed by atoms with Gasteiger partial charge in [0.2, 0.25) is 10.0 Å². The first-order valence-corrected chi connectivity index (χ1v) is 12.8. The van der Waals surface area contributed by atoms with E-state index in [4.69, 9.17) is 0 Å². The SMILES string of the molecule is CCc1ccc(S(=O)(=O)Nc2ccc(S(=O)(=O)N3C[C@H](C)C[C@H](C)C3)cc2)cc1. The van der Waals surface area contributed by atoms with Crippen LogP contribution >= 0.6 is 0 Å². The quantitative estimate of drug-likeness (QED) is 0.748. The molecule has 1 saturated heterocycles. The second-order valence-electron chi connectivity index (χ2n) is 7.90. The van der Waals surface area contributed by atoms with Crippen LogP contribution < -0.4 is 4.72 Å². The molecule has 0 radical (unpaired) electrons. The molecule has 1 N–H and O–H groups in total. The number of sulfonamides is 2. The first-order chi connectivity index (χ1) is 13.6. The van der Waals surface area contributed by atoms with E-state index in [1.165, 1.54) is 28.6 Å². The Morgan fingerprint density at radius 1 is 0.862 bits per heavy atom. The summed E-state index contributed by atoms with van der Waals surface area (Å²) in [6, 6.07) is 12.6. The number of rotatable bonds is 6. The van der Waals surface area contributed by atoms with Gasteiger partial charge in [-0.1, -0.05) is 32.9 Å². The summed E-state index contributed by atoms with van der Waals surface area (Å²) in [6.07, 6.45) is 1.85. The first kappa shape index (κ1) is 21.8. The Hall–Kier alpha value is -1.90. The van der Waals surface area contributed by atoms with E-state index < -0.39 is 20.0 Å². The van der Waals surface area contributed by atoms with Crippen LogP contribution in [0.3, 0.4) is 0 Å². The molecule has 158 valence electrons. The van der Waals surface area contributed by atoms with E-state index in [1.807, 2.05) is 6.92 Å². The molecule has 0 bridgehead atoms. The molecule has 1 aliphatic rings. The summed E-state index contributed by atoms with van der Waals surface area (Å²) < 4.78 is 55.1. The number of hydrogen-bond donors (Lipinski definition) is 1. The molecule has 2 aromatic rings. The number of aryl methyl sites for hydroxylation is 1. The highest BCUT2D eigenvalue weighted by molar-refractivity contribution is 7.92. The van der Waals surface area contributed by atoms with Crippen molar-refractivity contribution >= 4 is 25.7 Å². The molecule has 0 aromatic heterocycles. The molecule has 6 nitrogen and oxygen atoms in total. The fourth-order valence-electron chi connectivity index (χ4n) is 3.76. The lowest BCUT2D eigenvalue weighted by atomic mass is 9.94. The molecule has 2 aromatic carbocycles. The van der Waals surface area contributed by atoms with E-state index >= 15 is 0 Å². The van der Waals surface area contributed by atoms with Crippen LogP contribution in [0.4, 0.5) is 5.69 Å². The van der Waals surface area contributed by atoms with E-state index in [0.29, 0.717) is 30.6 Å². The van der Waals surface area contributed by atoms with Crippen LogP contribution in [0.2, 0.25) is 0 Å². The van der Waals surface area contributed by atoms with Gasteiger partial charge in [-0.25, -0.2) is 16.8 Å². The van der Waals surface area contributed by atoms with Crippen LogP contribution in [0.25, 0.3) is 0 Å². The van der Waals surface area contributed by atoms with E-state index in [1.54, 1.807) is 24.3 Å². The lowest BCUT2D eigenvalue weighted by molar-refractivity contribution is 0.222. The number of nitrogens with one attached hydrogen (secondary N) is 1. The van der Waals surface area contributed by atoms with Crippen molar-refractivity contribution in [3.05, 3.63) is 54.1 Å². The predicted molar refractivity (Wildman–Crippen MR) is 115 cm³/mol. The van der Waals surface area contributed by atoms with Gasteiger partial charge in [0, 0.05) is 18.8 Å². The predicted octanol–water partition coefficient (Wildman–Crippen LogP) is 3.72. The largest absolute Gasteiger partial charge is 0.280 e. The van der Waals surface area contributed by atoms with E-state index in [0.717, 1.165) is 18.4 Å². The van der Waals surface area contributed by atoms with Gasteiger partial charge in [-0.2, -0.15) is 4.31 Å². The topological polar surface area (TPSA) is 83.5 Å². The average molecular weight is 437 g/mol. The highest BCUT2D eigenvalue weighted by Crippen LogP contribution is 2.27. The Bertz CT molecular complexity index is 1040. The molecule has 1 heterocycles. The average Bonchev–Trinajstić information content (AvgIpc) is 2.67. The number of anilines is 1. The van der Waals surface area contributed by atoms with Crippen LogP contribution in [0.1, 0.15) is 32.8 Å². The van der Waals surface area contributed by atoms with E-state index in [2.05, 4.69) is 18.6 Å². The van der Waals surface area contributed by atoms with Gasteiger partial charge in [0.25, 0.3) is 10.0 Å². The third-order valence-corrected chi connectivity index (χ3v) is 8.46. The number of piperidine rings is 1. The molecular formula is C21H28N2O4S2. The Morgan fingerprint density at radius 3 is 1.90 bits per heavy atom. The van der Waals surface area contributed by atoms with Crippen molar-refractivity contribution in [1.82, 2.24) is 4.31 Å². The van der Waals surface area contributed by atoms with Crippen molar-refractivity contribution in [2.75, 3.05) is 17.8 Å². The van der Waals surface area contributed by atoms with Crippen LogP contribution in [-0.4, -0.2) is 34.2 Å². The second-order valence-corrected chi connectivity index (χ2v) is 11.5. The Kier molecular flexibility index (Phi) is 6.36. The summed E-state index contributed by atoms with van der Waals surface area (Å²) in [5.74, 6) is 0.636. The smallest absolute Gasteiger partial charge is 0.261 e. The van der Waals surface area contributed by atoms with Crippen molar-refractivity contribution in [3.63, 3.8) is 0 Å². The maximum absolute atomic E-state index is 12.9. The van der Waals surface area contributed by atoms with Gasteiger partial charge in [0.1, 0.15) is 0 Å². The van der Waals surface area contributed by atoms with Crippen molar-refractivity contribution < 1.29 is 16.8 Å². The maximum atomic E-state index is 12.9. The molecule has 0 unspecified atom stereocenters. The zero-order valence-corrected chi connectivity index (χ0v) is 18.6. The van der Waals surface area contributed by atoms with Crippen LogP contribution in [-0.2, 0) is 26.5 Å². The van der Waals surface area contributed by atoms with Crippen molar-refractivity contribution in [1.29, 1.82) is 0 Å². The molecule has 0 spiro atoms. The summed E-state index contributed by atoms with van der Waals surface area (Å²) in [5.41, 5.74) is 1.38. The number of benzene rings is 2. The summed E-state index contributed by atoms with van der Waals surface area (Å²) in [6.45, 7) is 7.14. The molecule has 29 heavy (non-hydrogen) atoms. The van der Waals surface area contributed by atoms with Crippen molar-refractivity contribution in [2.24, 2.45) is 11.8 Å². The molecular weight excluding hydrogens is 408 g/mol. The fourth-order valence-corrected chi connectivity index (χ4v) is 6.50. The molecule has 1 fully saturated rings. The molecule has 1 aliphatic heterocycles. The molecule has 0 aliphatic carbocycles. The van der Waals surface area contributed by atoms with Crippen LogP contribution in [0, 0.1) is 11.8 Å². The molecule has 0 saturated carbocycles. The summed E-state index contributed by atoms with van der Waals surface area (Å²) in [7, 11) is -7.32. The molecule has 2 atom stereocenters. The van der Waals surface area contributed by atoms with Gasteiger partial charge in [-0.15, -0.1) is 0 Å². The van der Waals surface area contributed by atoms with E-state index in [-0.39, 0.29) is 9.79 Å². The lowest BCUT2D eigenvalue weighted by Gasteiger charge is -2.34. The minimum absolute atomic E-state index is 0.169. The van der Waals surface area contributed by atoms with Gasteiger partial charge < -0.3 is 0 Å². The minimum atomic E-state index is -3.73. The van der Waals surface area contributed by atoms with E-state index in [9.17, 15) is 16.8 Å². The summed E-state index contributed by atoms with van der Waals surface area (Å²) in [5, 5.41) is 0. The number of hydrogen-bond acceptors (Lipinski definition) is 4. The third kappa shape index (κ3) is 4.99. The van der Waals surface area contributed by atoms with Crippen LogP contribution in [0.15, 0.2) is 58.3 Å². The van der Waals surface area contributed by atoms with Gasteiger partial charge in [-0.3, -0.25) is 4.72 Å². The maximum Gasteiger partial charge on any atom is 0.261 e. The van der Waals surface area contributed by atoms with Gasteiger partial charge in [0.05, 0.1) is 9.79 Å². The zero-order chi connectivity index (χ0) is 21.2. The standard InChI is InChI=1S/C21H28N2O4S2/c1-4-18-5-9-20(10-6-18)28(24,25)22-19-7-11-21(12-8-19)29(26,27)23-14-16(2)13-17(3)15-23/h5-12,16-17,22H,4,13-15H2,1-3H3/t16-,17+. The molecule has 0 amide bonds. The minimum Gasteiger partial charge on any atom is -0.280 e. The number of nitrogens with zero attached hydrogens (tertiary/aromatic N) is 1. The normalized spacial score (nSPS) is 21.1. The summed E-state index contributed by atoms with van der Waals surface area (Å²) >= 11 is 0. The Labute approximate surface area is 174 Å². The van der Waals surface area contributed by atoms with Gasteiger partial charge in [-0.05, 0) is 66.6 Å². The van der Waals surface area contributed by atoms with Crippen molar-refractivity contribution in [3.8, 4) is 0 Å². The fraction of sp³-hybridized carbons (Fsp3) is 0.429. The Balaban J connectivity index is 1.77. The zero-order valence-electron chi connectivity index (χ0n) is 17.0. The first-order valence-electron chi connectivity index (χ1n) is 9.84. The summed E-state index contributed by atoms with van der Waals surface area (Å²) in [4.78, 5) is 0.344.